The van der Waals surface area contributed by atoms with E-state index in [0.29, 0.717) is 34.0 Å². The van der Waals surface area contributed by atoms with Gasteiger partial charge in [0.1, 0.15) is 11.5 Å². The van der Waals surface area contributed by atoms with Gasteiger partial charge in [0.05, 0.1) is 11.1 Å². The first-order chi connectivity index (χ1) is 15.3. The van der Waals surface area contributed by atoms with Crippen LogP contribution in [0.3, 0.4) is 0 Å². The van der Waals surface area contributed by atoms with Crippen LogP contribution in [0.4, 0.5) is 11.6 Å². The Labute approximate surface area is 177 Å². The van der Waals surface area contributed by atoms with E-state index >= 15 is 0 Å². The first-order valence-electron chi connectivity index (χ1n) is 9.67. The lowest BCUT2D eigenvalue weighted by Crippen LogP contribution is -2.13. The van der Waals surface area contributed by atoms with Gasteiger partial charge in [0.25, 0.3) is 5.56 Å². The molecule has 0 bridgehead atoms. The molecule has 2 aromatic carbocycles. The van der Waals surface area contributed by atoms with Crippen LogP contribution in [0, 0.1) is 0 Å². The van der Waals surface area contributed by atoms with Crippen LogP contribution in [0.5, 0.6) is 11.5 Å². The maximum Gasteiger partial charge on any atom is 0.262 e. The summed E-state index contributed by atoms with van der Waals surface area (Å²) in [6.07, 6.45) is 3.31. The summed E-state index contributed by atoms with van der Waals surface area (Å²) in [6.45, 7) is 0. The van der Waals surface area contributed by atoms with Crippen LogP contribution < -0.4 is 15.6 Å². The van der Waals surface area contributed by atoms with Gasteiger partial charge in [0.15, 0.2) is 5.65 Å². The van der Waals surface area contributed by atoms with Crippen LogP contribution in [0.1, 0.15) is 0 Å². The summed E-state index contributed by atoms with van der Waals surface area (Å²) >= 11 is 0. The molecule has 2 N–H and O–H groups in total. The number of benzene rings is 2. The Balaban J connectivity index is 1.42. The predicted octanol–water partition coefficient (Wildman–Crippen LogP) is 4.92. The molecule has 3 heterocycles. The zero-order valence-corrected chi connectivity index (χ0v) is 16.3. The summed E-state index contributed by atoms with van der Waals surface area (Å²) in [5.41, 5.74) is 2.19. The standard InChI is InChI=1S/C24H17N5O2/c30-23-21-19(20-8-4-5-14-25-20)13-15-26-22(21)28-24(29-23)27-16-9-11-18(12-10-16)31-17-6-2-1-3-7-17/h1-15H,(H2,26,27,28,29,30). The quantitative estimate of drug-likeness (QED) is 0.430. The molecule has 7 heteroatoms. The minimum absolute atomic E-state index is 0.287. The molecule has 0 radical (unpaired) electrons. The molecule has 5 rings (SSSR count). The molecule has 0 amide bonds. The highest BCUT2D eigenvalue weighted by Gasteiger charge is 2.12. The third-order valence-electron chi connectivity index (χ3n) is 4.64. The van der Waals surface area contributed by atoms with Gasteiger partial charge < -0.3 is 10.1 Å². The molecule has 5 aromatic rings. The number of para-hydroxylation sites is 1. The number of ether oxygens (including phenoxy) is 1. The van der Waals surface area contributed by atoms with E-state index in [-0.39, 0.29) is 5.56 Å². The number of nitrogens with zero attached hydrogens (tertiary/aromatic N) is 3. The van der Waals surface area contributed by atoms with E-state index in [1.807, 2.05) is 72.8 Å². The summed E-state index contributed by atoms with van der Waals surface area (Å²) in [4.78, 5) is 28.7. The molecule has 7 nitrogen and oxygen atoms in total. The maximum absolute atomic E-state index is 12.8. The molecule has 0 atom stereocenters. The van der Waals surface area contributed by atoms with Gasteiger partial charge in [-0.1, -0.05) is 24.3 Å². The molecule has 0 fully saturated rings. The second-order valence-electron chi connectivity index (χ2n) is 6.75. The average molecular weight is 407 g/mol. The van der Waals surface area contributed by atoms with Crippen molar-refractivity contribution in [1.29, 1.82) is 0 Å². The summed E-state index contributed by atoms with van der Waals surface area (Å²) in [6, 6.07) is 24.2. The molecule has 3 aromatic heterocycles. The van der Waals surface area contributed by atoms with E-state index in [9.17, 15) is 4.79 Å². The fraction of sp³-hybridized carbons (Fsp3) is 0. The fourth-order valence-electron chi connectivity index (χ4n) is 3.23. The highest BCUT2D eigenvalue weighted by atomic mass is 16.5. The van der Waals surface area contributed by atoms with Crippen LogP contribution in [0.2, 0.25) is 0 Å². The summed E-state index contributed by atoms with van der Waals surface area (Å²) < 4.78 is 5.80. The predicted molar refractivity (Wildman–Crippen MR) is 120 cm³/mol. The van der Waals surface area contributed by atoms with E-state index in [1.54, 1.807) is 18.5 Å². The summed E-state index contributed by atoms with van der Waals surface area (Å²) in [5, 5.41) is 3.51. The first kappa shape index (κ1) is 18.5. The van der Waals surface area contributed by atoms with Crippen molar-refractivity contribution in [3.63, 3.8) is 0 Å². The molecule has 0 unspecified atom stereocenters. The van der Waals surface area contributed by atoms with Gasteiger partial charge in [-0.3, -0.25) is 14.8 Å². The number of rotatable bonds is 5. The number of aromatic amines is 1. The average Bonchev–Trinajstić information content (AvgIpc) is 2.81. The number of H-pyrrole nitrogens is 1. The summed E-state index contributed by atoms with van der Waals surface area (Å²) in [5.74, 6) is 1.77. The second-order valence-corrected chi connectivity index (χ2v) is 6.75. The van der Waals surface area contributed by atoms with E-state index in [4.69, 9.17) is 4.74 Å². The minimum Gasteiger partial charge on any atom is -0.457 e. The van der Waals surface area contributed by atoms with Crippen molar-refractivity contribution in [2.75, 3.05) is 5.32 Å². The largest absolute Gasteiger partial charge is 0.457 e. The minimum atomic E-state index is -0.287. The van der Waals surface area contributed by atoms with Crippen molar-refractivity contribution in [2.45, 2.75) is 0 Å². The number of anilines is 2. The molecular weight excluding hydrogens is 390 g/mol. The van der Waals surface area contributed by atoms with Crippen molar-refractivity contribution < 1.29 is 4.74 Å². The molecule has 0 aliphatic carbocycles. The number of nitrogens with one attached hydrogen (secondary N) is 2. The third kappa shape index (κ3) is 3.97. The SMILES string of the molecule is O=c1[nH]c(Nc2ccc(Oc3ccccc3)cc2)nc2nccc(-c3ccccn3)c12. The number of fused-ring (bicyclic) bond motifs is 1. The zero-order chi connectivity index (χ0) is 21.0. The normalized spacial score (nSPS) is 10.7. The van der Waals surface area contributed by atoms with Gasteiger partial charge in [0, 0.05) is 23.6 Å². The van der Waals surface area contributed by atoms with Crippen molar-refractivity contribution in [3.8, 4) is 22.8 Å². The van der Waals surface area contributed by atoms with Gasteiger partial charge in [-0.25, -0.2) is 4.98 Å². The highest BCUT2D eigenvalue weighted by molar-refractivity contribution is 5.91. The van der Waals surface area contributed by atoms with E-state index < -0.39 is 0 Å². The van der Waals surface area contributed by atoms with Crippen LogP contribution in [-0.2, 0) is 0 Å². The number of pyridine rings is 2. The number of hydrogen-bond acceptors (Lipinski definition) is 6. The molecule has 31 heavy (non-hydrogen) atoms. The fourth-order valence-corrected chi connectivity index (χ4v) is 3.23. The van der Waals surface area contributed by atoms with Gasteiger partial charge in [0.2, 0.25) is 5.95 Å². The lowest BCUT2D eigenvalue weighted by atomic mass is 10.1. The van der Waals surface area contributed by atoms with Crippen LogP contribution in [-0.4, -0.2) is 19.9 Å². The van der Waals surface area contributed by atoms with Crippen LogP contribution in [0.15, 0.2) is 96.1 Å². The Bertz CT molecular complexity index is 1390. The molecule has 150 valence electrons. The van der Waals surface area contributed by atoms with Gasteiger partial charge in [-0.15, -0.1) is 0 Å². The molecule has 0 saturated heterocycles. The number of hydrogen-bond donors (Lipinski definition) is 2. The zero-order valence-electron chi connectivity index (χ0n) is 16.3. The highest BCUT2D eigenvalue weighted by Crippen LogP contribution is 2.25. The lowest BCUT2D eigenvalue weighted by Gasteiger charge is -2.09. The first-order valence-corrected chi connectivity index (χ1v) is 9.67. The lowest BCUT2D eigenvalue weighted by molar-refractivity contribution is 0.483. The Kier molecular flexibility index (Phi) is 4.82. The van der Waals surface area contributed by atoms with Crippen molar-refractivity contribution >= 4 is 22.7 Å². The molecule has 0 aliphatic heterocycles. The summed E-state index contributed by atoms with van der Waals surface area (Å²) in [7, 11) is 0. The monoisotopic (exact) mass is 407 g/mol. The Morgan fingerprint density at radius 1 is 0.774 bits per heavy atom. The van der Waals surface area contributed by atoms with Gasteiger partial charge in [-0.05, 0) is 54.6 Å². The van der Waals surface area contributed by atoms with Gasteiger partial charge >= 0.3 is 0 Å². The van der Waals surface area contributed by atoms with E-state index in [0.717, 1.165) is 11.4 Å². The Hall–Kier alpha value is -4.52. The van der Waals surface area contributed by atoms with Crippen LogP contribution >= 0.6 is 0 Å². The van der Waals surface area contributed by atoms with Crippen molar-refractivity contribution in [1.82, 2.24) is 19.9 Å². The van der Waals surface area contributed by atoms with Gasteiger partial charge in [-0.2, -0.15) is 4.98 Å². The number of aromatic nitrogens is 4. The maximum atomic E-state index is 12.8. The van der Waals surface area contributed by atoms with Crippen LogP contribution in [0.25, 0.3) is 22.3 Å². The van der Waals surface area contributed by atoms with E-state index in [2.05, 4.69) is 25.3 Å². The molecule has 0 spiro atoms. The van der Waals surface area contributed by atoms with Crippen molar-refractivity contribution in [3.05, 3.63) is 102 Å². The Morgan fingerprint density at radius 2 is 1.55 bits per heavy atom. The molecular formula is C24H17N5O2. The topological polar surface area (TPSA) is 92.8 Å². The van der Waals surface area contributed by atoms with Crippen molar-refractivity contribution in [2.24, 2.45) is 0 Å². The molecule has 0 aliphatic rings. The smallest absolute Gasteiger partial charge is 0.262 e. The third-order valence-corrected chi connectivity index (χ3v) is 4.64. The Morgan fingerprint density at radius 3 is 2.32 bits per heavy atom. The second kappa shape index (κ2) is 8.08. The molecule has 0 saturated carbocycles. The van der Waals surface area contributed by atoms with E-state index in [1.165, 1.54) is 0 Å².